The van der Waals surface area contributed by atoms with Gasteiger partial charge in [0, 0.05) is 22.1 Å². The number of hydrogen-bond donors (Lipinski definition) is 0. The number of anilines is 3. The first-order valence-corrected chi connectivity index (χ1v) is 15.4. The Kier molecular flexibility index (Phi) is 6.20. The van der Waals surface area contributed by atoms with Gasteiger partial charge in [0.05, 0.1) is 17.1 Å². The number of fused-ring (bicyclic) bond motifs is 5. The molecule has 0 aromatic heterocycles. The van der Waals surface area contributed by atoms with Gasteiger partial charge in [0.1, 0.15) is 0 Å². The number of rotatable bonds is 5. The summed E-state index contributed by atoms with van der Waals surface area (Å²) in [6.45, 7) is 4.77. The average molecular weight is 564 g/mol. The Morgan fingerprint density at radius 1 is 0.432 bits per heavy atom. The van der Waals surface area contributed by atoms with Gasteiger partial charge in [-0.05, 0) is 56.8 Å². The fourth-order valence-electron chi connectivity index (χ4n) is 7.26. The molecule has 1 aliphatic carbocycles. The van der Waals surface area contributed by atoms with E-state index in [1.165, 1.54) is 61.0 Å². The predicted octanol–water partition coefficient (Wildman–Crippen LogP) is 11.9. The molecule has 1 aliphatic rings. The molecular formula is C43H33N. The molecule has 8 rings (SSSR count). The van der Waals surface area contributed by atoms with Gasteiger partial charge in [-0.1, -0.05) is 159 Å². The van der Waals surface area contributed by atoms with Crippen molar-refractivity contribution in [3.8, 4) is 33.4 Å². The maximum absolute atomic E-state index is 2.52. The summed E-state index contributed by atoms with van der Waals surface area (Å²) in [5.41, 5.74) is 13.5. The Bertz CT molecular complexity index is 2060. The third-order valence-corrected chi connectivity index (χ3v) is 9.22. The summed E-state index contributed by atoms with van der Waals surface area (Å²) in [6.07, 6.45) is 0. The standard InChI is InChI=1S/C43H33N/c1-43(2)37-26-14-11-25-36(37)41-40(29-32-21-9-10-24-35(32)42(41)43)44(38-27-15-12-22-33(38)30-17-5-3-6-18-30)39-28-16-13-23-34(39)31-19-7-4-8-20-31/h3-29H,1-2H3. The van der Waals surface area contributed by atoms with Crippen LogP contribution < -0.4 is 4.90 Å². The highest BCUT2D eigenvalue weighted by Gasteiger charge is 2.40. The zero-order valence-electron chi connectivity index (χ0n) is 25.0. The van der Waals surface area contributed by atoms with Crippen LogP contribution in [0.15, 0.2) is 164 Å². The van der Waals surface area contributed by atoms with E-state index in [1.807, 2.05) is 0 Å². The van der Waals surface area contributed by atoms with Crippen LogP contribution in [-0.2, 0) is 5.41 Å². The van der Waals surface area contributed by atoms with Crippen molar-refractivity contribution in [3.63, 3.8) is 0 Å². The van der Waals surface area contributed by atoms with Crippen LogP contribution in [0.5, 0.6) is 0 Å². The van der Waals surface area contributed by atoms with Crippen molar-refractivity contribution in [2.45, 2.75) is 19.3 Å². The van der Waals surface area contributed by atoms with E-state index in [0.29, 0.717) is 0 Å². The largest absolute Gasteiger partial charge is 0.309 e. The van der Waals surface area contributed by atoms with Gasteiger partial charge in [-0.15, -0.1) is 0 Å². The monoisotopic (exact) mass is 563 g/mol. The molecule has 0 saturated carbocycles. The van der Waals surface area contributed by atoms with E-state index in [-0.39, 0.29) is 5.41 Å². The maximum Gasteiger partial charge on any atom is 0.0550 e. The molecule has 0 amide bonds. The van der Waals surface area contributed by atoms with Crippen LogP contribution in [0, 0.1) is 0 Å². The van der Waals surface area contributed by atoms with Gasteiger partial charge in [0.15, 0.2) is 0 Å². The molecular weight excluding hydrogens is 530 g/mol. The summed E-state index contributed by atoms with van der Waals surface area (Å²) in [7, 11) is 0. The van der Waals surface area contributed by atoms with E-state index >= 15 is 0 Å². The molecule has 0 heterocycles. The van der Waals surface area contributed by atoms with Crippen molar-refractivity contribution in [2.24, 2.45) is 0 Å². The fourth-order valence-corrected chi connectivity index (χ4v) is 7.26. The van der Waals surface area contributed by atoms with Crippen molar-refractivity contribution >= 4 is 27.8 Å². The highest BCUT2D eigenvalue weighted by Crippen LogP contribution is 2.57. The van der Waals surface area contributed by atoms with Crippen LogP contribution in [0.3, 0.4) is 0 Å². The third kappa shape index (κ3) is 4.08. The lowest BCUT2D eigenvalue weighted by atomic mass is 9.80. The molecule has 1 nitrogen and oxygen atoms in total. The molecule has 0 fully saturated rings. The topological polar surface area (TPSA) is 3.24 Å². The summed E-state index contributed by atoms with van der Waals surface area (Å²) < 4.78 is 0. The van der Waals surface area contributed by atoms with Crippen LogP contribution in [0.4, 0.5) is 17.1 Å². The van der Waals surface area contributed by atoms with Crippen molar-refractivity contribution in [1.82, 2.24) is 0 Å². The van der Waals surface area contributed by atoms with Crippen molar-refractivity contribution in [1.29, 1.82) is 0 Å². The minimum Gasteiger partial charge on any atom is -0.309 e. The molecule has 0 aliphatic heterocycles. The molecule has 0 unspecified atom stereocenters. The number of hydrogen-bond acceptors (Lipinski definition) is 1. The van der Waals surface area contributed by atoms with Gasteiger partial charge < -0.3 is 4.90 Å². The predicted molar refractivity (Wildman–Crippen MR) is 187 cm³/mol. The minimum absolute atomic E-state index is 0.148. The van der Waals surface area contributed by atoms with Crippen LogP contribution in [0.25, 0.3) is 44.2 Å². The van der Waals surface area contributed by atoms with Gasteiger partial charge in [0.2, 0.25) is 0 Å². The lowest BCUT2D eigenvalue weighted by molar-refractivity contribution is 0.666. The van der Waals surface area contributed by atoms with E-state index in [9.17, 15) is 0 Å². The SMILES string of the molecule is CC1(C)c2ccccc2-c2c(N(c3ccccc3-c3ccccc3)c3ccccc3-c3ccccc3)cc3ccccc3c21. The number of nitrogens with zero attached hydrogens (tertiary/aromatic N) is 1. The van der Waals surface area contributed by atoms with Gasteiger partial charge in [0.25, 0.3) is 0 Å². The summed E-state index contributed by atoms with van der Waals surface area (Å²) in [4.78, 5) is 2.52. The number of para-hydroxylation sites is 2. The highest BCUT2D eigenvalue weighted by molar-refractivity contribution is 6.07. The molecule has 0 saturated heterocycles. The third-order valence-electron chi connectivity index (χ3n) is 9.22. The van der Waals surface area contributed by atoms with Gasteiger partial charge in [-0.2, -0.15) is 0 Å². The smallest absolute Gasteiger partial charge is 0.0550 e. The average Bonchev–Trinajstić information content (AvgIpc) is 3.33. The lowest BCUT2D eigenvalue weighted by Gasteiger charge is -2.33. The van der Waals surface area contributed by atoms with Gasteiger partial charge in [-0.25, -0.2) is 0 Å². The van der Waals surface area contributed by atoms with Crippen molar-refractivity contribution < 1.29 is 0 Å². The zero-order valence-corrected chi connectivity index (χ0v) is 25.0. The van der Waals surface area contributed by atoms with Crippen LogP contribution in [0.1, 0.15) is 25.0 Å². The van der Waals surface area contributed by atoms with E-state index in [0.717, 1.165) is 11.4 Å². The molecule has 0 radical (unpaired) electrons. The molecule has 44 heavy (non-hydrogen) atoms. The Morgan fingerprint density at radius 2 is 0.909 bits per heavy atom. The second-order valence-corrected chi connectivity index (χ2v) is 12.1. The van der Waals surface area contributed by atoms with Crippen molar-refractivity contribution in [3.05, 3.63) is 175 Å². The van der Waals surface area contributed by atoms with Gasteiger partial charge in [-0.3, -0.25) is 0 Å². The number of benzene rings is 7. The second-order valence-electron chi connectivity index (χ2n) is 12.1. The zero-order chi connectivity index (χ0) is 29.7. The maximum atomic E-state index is 2.52. The van der Waals surface area contributed by atoms with E-state index in [2.05, 4.69) is 183 Å². The Hall–Kier alpha value is -5.40. The normalized spacial score (nSPS) is 13.0. The van der Waals surface area contributed by atoms with E-state index < -0.39 is 0 Å². The summed E-state index contributed by atoms with van der Waals surface area (Å²) in [5.74, 6) is 0. The fraction of sp³-hybridized carbons (Fsp3) is 0.0698. The van der Waals surface area contributed by atoms with Crippen LogP contribution in [0.2, 0.25) is 0 Å². The minimum atomic E-state index is -0.148. The van der Waals surface area contributed by atoms with Gasteiger partial charge >= 0.3 is 0 Å². The van der Waals surface area contributed by atoms with E-state index in [1.54, 1.807) is 0 Å². The lowest BCUT2D eigenvalue weighted by Crippen LogP contribution is -2.17. The van der Waals surface area contributed by atoms with Crippen molar-refractivity contribution in [2.75, 3.05) is 4.90 Å². The Balaban J connectivity index is 1.53. The Labute approximate surface area is 259 Å². The molecule has 0 atom stereocenters. The second kappa shape index (κ2) is 10.4. The van der Waals surface area contributed by atoms with Crippen LogP contribution in [-0.4, -0.2) is 0 Å². The molecule has 0 spiro atoms. The van der Waals surface area contributed by atoms with Crippen LogP contribution >= 0.6 is 0 Å². The Morgan fingerprint density at radius 3 is 1.52 bits per heavy atom. The highest BCUT2D eigenvalue weighted by atomic mass is 15.2. The summed E-state index contributed by atoms with van der Waals surface area (Å²) in [5, 5.41) is 2.57. The molecule has 7 aromatic carbocycles. The molecule has 210 valence electrons. The molecule has 0 bridgehead atoms. The summed E-state index contributed by atoms with van der Waals surface area (Å²) >= 11 is 0. The quantitative estimate of drug-likeness (QED) is 0.201. The first-order valence-electron chi connectivity index (χ1n) is 15.4. The first kappa shape index (κ1) is 26.2. The van der Waals surface area contributed by atoms with E-state index in [4.69, 9.17) is 0 Å². The molecule has 0 N–H and O–H groups in total. The first-order chi connectivity index (χ1) is 21.6. The molecule has 1 heteroatoms. The summed E-state index contributed by atoms with van der Waals surface area (Å²) in [6, 6.07) is 59.5. The molecule has 7 aromatic rings.